The van der Waals surface area contributed by atoms with Crippen LogP contribution in [0, 0.1) is 0 Å². The Morgan fingerprint density at radius 3 is 2.33 bits per heavy atom. The van der Waals surface area contributed by atoms with E-state index in [4.69, 9.17) is 0 Å². The molecular weight excluding hydrogens is 132 g/mol. The van der Waals surface area contributed by atoms with E-state index < -0.39 is 0 Å². The van der Waals surface area contributed by atoms with Gasteiger partial charge in [-0.2, -0.15) is 0 Å². The van der Waals surface area contributed by atoms with Crippen LogP contribution in [0.1, 0.15) is 26.7 Å². The van der Waals surface area contributed by atoms with E-state index in [-0.39, 0.29) is 0 Å². The number of hydrogen-bond acceptors (Lipinski definition) is 3. The Morgan fingerprint density at radius 1 is 1.44 bits per heavy atom. The van der Waals surface area contributed by atoms with E-state index in [2.05, 4.69) is 23.0 Å². The van der Waals surface area contributed by atoms with Crippen LogP contribution in [0.15, 0.2) is 4.40 Å². The first kappa shape index (κ1) is 8.98. The van der Waals surface area contributed by atoms with Gasteiger partial charge >= 0.3 is 0 Å². The lowest BCUT2D eigenvalue weighted by molar-refractivity contribution is 1.16. The first-order valence-electron chi connectivity index (χ1n) is 3.23. The predicted molar refractivity (Wildman–Crippen MR) is 44.7 cm³/mol. The van der Waals surface area contributed by atoms with Gasteiger partial charge in [0.2, 0.25) is 0 Å². The molecule has 0 fully saturated rings. The Kier molecular flexibility index (Phi) is 6.09. The molecule has 0 aliphatic heterocycles. The second kappa shape index (κ2) is 6.11. The van der Waals surface area contributed by atoms with Gasteiger partial charge in [0, 0.05) is 5.71 Å². The molecule has 9 heavy (non-hydrogen) atoms. The summed E-state index contributed by atoms with van der Waals surface area (Å²) in [4.78, 5) is 0. The lowest BCUT2D eigenvalue weighted by Gasteiger charge is -1.95. The molecule has 0 aromatic carbocycles. The predicted octanol–water partition coefficient (Wildman–Crippen LogP) is 2.03. The topological polar surface area (TPSA) is 24.4 Å². The molecular formula is C6H14N2S. The van der Waals surface area contributed by atoms with Crippen LogP contribution in [0.5, 0.6) is 0 Å². The van der Waals surface area contributed by atoms with Gasteiger partial charge in [0.1, 0.15) is 0 Å². The van der Waals surface area contributed by atoms with E-state index in [1.165, 1.54) is 17.8 Å². The monoisotopic (exact) mass is 146 g/mol. The van der Waals surface area contributed by atoms with Gasteiger partial charge in [-0.05, 0) is 19.9 Å². The van der Waals surface area contributed by atoms with Crippen LogP contribution in [0.25, 0.3) is 0 Å². The second-order valence-electron chi connectivity index (χ2n) is 1.66. The molecule has 3 heteroatoms. The van der Waals surface area contributed by atoms with Gasteiger partial charge in [-0.1, -0.05) is 13.8 Å². The molecule has 0 bridgehead atoms. The Bertz CT molecular complexity index is 85.1. The maximum Gasteiger partial charge on any atom is 0.0582 e. The van der Waals surface area contributed by atoms with E-state index in [0.717, 1.165) is 12.8 Å². The molecule has 2 nitrogen and oxygen atoms in total. The van der Waals surface area contributed by atoms with E-state index >= 15 is 0 Å². The number of rotatable bonds is 4. The Hall–Kier alpha value is -0.0200. The lowest BCUT2D eigenvalue weighted by Crippen LogP contribution is -1.94. The first-order chi connectivity index (χ1) is 4.35. The highest BCUT2D eigenvalue weighted by atomic mass is 32.2. The largest absolute Gasteiger partial charge is 0.247 e. The van der Waals surface area contributed by atoms with Crippen LogP contribution < -0.4 is 4.72 Å². The standard InChI is InChI=1S/C6H14N2S/c1-4-6(5-2)8-9-7-3/h7H,4-5H2,1-3H3. The molecule has 0 radical (unpaired) electrons. The highest BCUT2D eigenvalue weighted by Gasteiger charge is 1.88. The summed E-state index contributed by atoms with van der Waals surface area (Å²) in [5, 5.41) is 0. The van der Waals surface area contributed by atoms with Crippen molar-refractivity contribution in [3.63, 3.8) is 0 Å². The molecule has 0 unspecified atom stereocenters. The van der Waals surface area contributed by atoms with Crippen molar-refractivity contribution in [2.24, 2.45) is 4.40 Å². The zero-order valence-electron chi connectivity index (χ0n) is 6.27. The van der Waals surface area contributed by atoms with Crippen molar-refractivity contribution < 1.29 is 0 Å². The van der Waals surface area contributed by atoms with Gasteiger partial charge in [-0.25, -0.2) is 9.12 Å². The summed E-state index contributed by atoms with van der Waals surface area (Å²) in [5.41, 5.74) is 1.26. The molecule has 0 saturated carbocycles. The molecule has 0 saturated heterocycles. The van der Waals surface area contributed by atoms with Gasteiger partial charge in [-0.15, -0.1) is 0 Å². The quantitative estimate of drug-likeness (QED) is 0.485. The Labute approximate surface area is 61.4 Å². The third-order valence-electron chi connectivity index (χ3n) is 1.08. The highest BCUT2D eigenvalue weighted by Crippen LogP contribution is 1.99. The molecule has 1 N–H and O–H groups in total. The molecule has 0 aromatic rings. The minimum Gasteiger partial charge on any atom is -0.247 e. The average molecular weight is 146 g/mol. The van der Waals surface area contributed by atoms with Crippen LogP contribution in [0.4, 0.5) is 0 Å². The first-order valence-corrected chi connectivity index (χ1v) is 4.01. The highest BCUT2D eigenvalue weighted by molar-refractivity contribution is 7.96. The summed E-state index contributed by atoms with van der Waals surface area (Å²) in [6.07, 6.45) is 2.12. The molecule has 0 rings (SSSR count). The number of hydrogen-bond donors (Lipinski definition) is 1. The normalized spacial score (nSPS) is 9.22. The van der Waals surface area contributed by atoms with Crippen molar-refractivity contribution in [3.8, 4) is 0 Å². The third-order valence-corrected chi connectivity index (χ3v) is 1.61. The molecule has 0 spiro atoms. The minimum absolute atomic E-state index is 1.06. The van der Waals surface area contributed by atoms with Crippen LogP contribution in [0.3, 0.4) is 0 Å². The molecule has 0 aliphatic carbocycles. The zero-order chi connectivity index (χ0) is 7.11. The van der Waals surface area contributed by atoms with Crippen molar-refractivity contribution in [2.75, 3.05) is 7.05 Å². The van der Waals surface area contributed by atoms with Crippen molar-refractivity contribution in [3.05, 3.63) is 0 Å². The van der Waals surface area contributed by atoms with Crippen LogP contribution in [0.2, 0.25) is 0 Å². The number of nitrogens with one attached hydrogen (secondary N) is 1. The summed E-state index contributed by atoms with van der Waals surface area (Å²) in [6, 6.07) is 0. The summed E-state index contributed by atoms with van der Waals surface area (Å²) in [7, 11) is 1.87. The summed E-state index contributed by atoms with van der Waals surface area (Å²) >= 11 is 1.40. The average Bonchev–Trinajstić information content (AvgIpc) is 1.91. The SMILES string of the molecule is CCC(CC)=NSNC. The molecule has 54 valence electrons. The van der Waals surface area contributed by atoms with E-state index in [9.17, 15) is 0 Å². The van der Waals surface area contributed by atoms with Gasteiger partial charge in [0.05, 0.1) is 12.1 Å². The van der Waals surface area contributed by atoms with Gasteiger partial charge in [0.25, 0.3) is 0 Å². The fourth-order valence-corrected chi connectivity index (χ4v) is 0.968. The molecule has 0 aliphatic rings. The van der Waals surface area contributed by atoms with E-state index in [1.807, 2.05) is 7.05 Å². The van der Waals surface area contributed by atoms with E-state index in [0.29, 0.717) is 0 Å². The molecule has 0 aromatic heterocycles. The lowest BCUT2D eigenvalue weighted by atomic mass is 10.2. The molecule has 0 heterocycles. The second-order valence-corrected chi connectivity index (χ2v) is 2.43. The summed E-state index contributed by atoms with van der Waals surface area (Å²) in [6.45, 7) is 4.25. The van der Waals surface area contributed by atoms with Crippen LogP contribution in [-0.4, -0.2) is 12.8 Å². The van der Waals surface area contributed by atoms with Crippen molar-refractivity contribution in [1.82, 2.24) is 4.72 Å². The molecule has 0 amide bonds. The Morgan fingerprint density at radius 2 is 2.00 bits per heavy atom. The zero-order valence-corrected chi connectivity index (χ0v) is 7.09. The number of nitrogens with zero attached hydrogens (tertiary/aromatic N) is 1. The van der Waals surface area contributed by atoms with Crippen LogP contribution >= 0.6 is 12.1 Å². The Balaban J connectivity index is 3.48. The van der Waals surface area contributed by atoms with E-state index in [1.54, 1.807) is 0 Å². The maximum atomic E-state index is 4.20. The fraction of sp³-hybridized carbons (Fsp3) is 0.833. The van der Waals surface area contributed by atoms with Crippen molar-refractivity contribution in [1.29, 1.82) is 0 Å². The fourth-order valence-electron chi connectivity index (χ4n) is 0.489. The van der Waals surface area contributed by atoms with Crippen molar-refractivity contribution >= 4 is 17.8 Å². The van der Waals surface area contributed by atoms with Crippen molar-refractivity contribution in [2.45, 2.75) is 26.7 Å². The van der Waals surface area contributed by atoms with Crippen LogP contribution in [-0.2, 0) is 0 Å². The maximum absolute atomic E-state index is 4.20. The molecule has 0 atom stereocenters. The van der Waals surface area contributed by atoms with Gasteiger partial charge in [0.15, 0.2) is 0 Å². The van der Waals surface area contributed by atoms with Gasteiger partial charge < -0.3 is 0 Å². The smallest absolute Gasteiger partial charge is 0.0582 e. The third kappa shape index (κ3) is 4.48. The summed E-state index contributed by atoms with van der Waals surface area (Å²) in [5.74, 6) is 0. The minimum atomic E-state index is 1.06. The summed E-state index contributed by atoms with van der Waals surface area (Å²) < 4.78 is 7.10. The van der Waals surface area contributed by atoms with Gasteiger partial charge in [-0.3, -0.25) is 0 Å².